The predicted molar refractivity (Wildman–Crippen MR) is 87.6 cm³/mol. The Balaban J connectivity index is 2.20. The first-order valence-electron chi connectivity index (χ1n) is 7.01. The van der Waals surface area contributed by atoms with E-state index in [0.29, 0.717) is 28.4 Å². The summed E-state index contributed by atoms with van der Waals surface area (Å²) in [4.78, 5) is 12.3. The van der Waals surface area contributed by atoms with Crippen LogP contribution in [0.25, 0.3) is 22.1 Å². The second-order valence-electron chi connectivity index (χ2n) is 4.89. The zero-order chi connectivity index (χ0) is 16.4. The Kier molecular flexibility index (Phi) is 3.93. The molecule has 0 atom stereocenters. The van der Waals surface area contributed by atoms with Crippen molar-refractivity contribution in [2.24, 2.45) is 0 Å². The summed E-state index contributed by atoms with van der Waals surface area (Å²) < 4.78 is 21.2. The number of fused-ring (bicyclic) bond motifs is 1. The third kappa shape index (κ3) is 2.61. The molecule has 0 aliphatic rings. The van der Waals surface area contributed by atoms with Gasteiger partial charge in [-0.25, -0.2) is 4.79 Å². The lowest BCUT2D eigenvalue weighted by molar-refractivity contribution is 0.355. The summed E-state index contributed by atoms with van der Waals surface area (Å²) >= 11 is 0. The summed E-state index contributed by atoms with van der Waals surface area (Å²) in [5.74, 6) is 2.13. The predicted octanol–water partition coefficient (Wildman–Crippen LogP) is 3.49. The van der Waals surface area contributed by atoms with E-state index in [0.717, 1.165) is 10.9 Å². The van der Waals surface area contributed by atoms with Gasteiger partial charge in [0.25, 0.3) is 0 Å². The number of rotatable bonds is 4. The quantitative estimate of drug-likeness (QED) is 0.738. The normalized spacial score (nSPS) is 10.6. The number of hydrogen-bond acceptors (Lipinski definition) is 5. The van der Waals surface area contributed by atoms with Gasteiger partial charge in [-0.15, -0.1) is 0 Å². The molecule has 0 bridgehead atoms. The number of ether oxygens (including phenoxy) is 3. The number of methoxy groups -OCH3 is 3. The third-order valence-corrected chi connectivity index (χ3v) is 3.64. The van der Waals surface area contributed by atoms with Crippen LogP contribution in [0.3, 0.4) is 0 Å². The Morgan fingerprint density at radius 3 is 2.26 bits per heavy atom. The van der Waals surface area contributed by atoms with Crippen LogP contribution in [-0.4, -0.2) is 21.3 Å². The maximum absolute atomic E-state index is 12.3. The van der Waals surface area contributed by atoms with Gasteiger partial charge in [0.05, 0.1) is 21.3 Å². The average Bonchev–Trinajstić information content (AvgIpc) is 2.60. The molecule has 0 radical (unpaired) electrons. The Hall–Kier alpha value is -2.95. The summed E-state index contributed by atoms with van der Waals surface area (Å²) in [6.45, 7) is 0. The summed E-state index contributed by atoms with van der Waals surface area (Å²) in [6.07, 6.45) is 0. The smallest absolute Gasteiger partial charge is 0.347 e. The van der Waals surface area contributed by atoms with E-state index in [1.807, 2.05) is 18.2 Å². The van der Waals surface area contributed by atoms with Crippen LogP contribution in [0, 0.1) is 0 Å². The summed E-state index contributed by atoms with van der Waals surface area (Å²) in [7, 11) is 4.65. The van der Waals surface area contributed by atoms with Gasteiger partial charge in [-0.05, 0) is 35.7 Å². The van der Waals surface area contributed by atoms with Crippen molar-refractivity contribution in [2.45, 2.75) is 0 Å². The van der Waals surface area contributed by atoms with E-state index in [1.54, 1.807) is 38.5 Å². The standard InChI is InChI=1S/C18H16O5/c1-20-13-8-7-11(9-16(13)22-3)15-10-12-5-4-6-14(21-2)17(12)18(19)23-15/h4-10H,1-3H3. The molecule has 0 saturated heterocycles. The molecule has 1 heterocycles. The zero-order valence-corrected chi connectivity index (χ0v) is 13.1. The third-order valence-electron chi connectivity index (χ3n) is 3.64. The van der Waals surface area contributed by atoms with Crippen LogP contribution in [0.4, 0.5) is 0 Å². The van der Waals surface area contributed by atoms with E-state index in [2.05, 4.69) is 0 Å². The minimum atomic E-state index is -0.440. The van der Waals surface area contributed by atoms with Gasteiger partial charge in [-0.1, -0.05) is 12.1 Å². The highest BCUT2D eigenvalue weighted by Gasteiger charge is 2.12. The monoisotopic (exact) mass is 312 g/mol. The SMILES string of the molecule is COc1ccc(-c2cc3cccc(OC)c3c(=O)o2)cc1OC. The largest absolute Gasteiger partial charge is 0.496 e. The van der Waals surface area contributed by atoms with E-state index in [4.69, 9.17) is 18.6 Å². The van der Waals surface area contributed by atoms with Crippen molar-refractivity contribution in [3.63, 3.8) is 0 Å². The molecule has 0 fully saturated rings. The molecule has 0 unspecified atom stereocenters. The minimum absolute atomic E-state index is 0.430. The molecule has 5 heteroatoms. The van der Waals surface area contributed by atoms with Crippen LogP contribution < -0.4 is 19.8 Å². The fraction of sp³-hybridized carbons (Fsp3) is 0.167. The van der Waals surface area contributed by atoms with Crippen molar-refractivity contribution in [1.29, 1.82) is 0 Å². The second-order valence-corrected chi connectivity index (χ2v) is 4.89. The molecule has 2 aromatic carbocycles. The molecule has 0 amide bonds. The van der Waals surface area contributed by atoms with E-state index in [9.17, 15) is 4.79 Å². The van der Waals surface area contributed by atoms with Crippen molar-refractivity contribution in [3.8, 4) is 28.6 Å². The van der Waals surface area contributed by atoms with Crippen LogP contribution in [0.2, 0.25) is 0 Å². The maximum Gasteiger partial charge on any atom is 0.347 e. The van der Waals surface area contributed by atoms with Crippen LogP contribution in [-0.2, 0) is 0 Å². The van der Waals surface area contributed by atoms with Gasteiger partial charge in [-0.3, -0.25) is 0 Å². The van der Waals surface area contributed by atoms with Gasteiger partial charge in [0, 0.05) is 5.56 Å². The molecular weight excluding hydrogens is 296 g/mol. The highest BCUT2D eigenvalue weighted by molar-refractivity contribution is 5.89. The van der Waals surface area contributed by atoms with Crippen LogP contribution >= 0.6 is 0 Å². The number of hydrogen-bond donors (Lipinski definition) is 0. The van der Waals surface area contributed by atoms with Crippen LogP contribution in [0.1, 0.15) is 0 Å². The summed E-state index contributed by atoms with van der Waals surface area (Å²) in [5, 5.41) is 1.18. The molecule has 3 rings (SSSR count). The van der Waals surface area contributed by atoms with E-state index >= 15 is 0 Å². The van der Waals surface area contributed by atoms with Gasteiger partial charge in [0.2, 0.25) is 0 Å². The minimum Gasteiger partial charge on any atom is -0.496 e. The maximum atomic E-state index is 12.3. The Morgan fingerprint density at radius 1 is 0.826 bits per heavy atom. The molecule has 118 valence electrons. The zero-order valence-electron chi connectivity index (χ0n) is 13.1. The van der Waals surface area contributed by atoms with Crippen molar-refractivity contribution in [3.05, 3.63) is 52.9 Å². The molecule has 5 nitrogen and oxygen atoms in total. The average molecular weight is 312 g/mol. The van der Waals surface area contributed by atoms with E-state index < -0.39 is 5.63 Å². The van der Waals surface area contributed by atoms with Gasteiger partial charge in [-0.2, -0.15) is 0 Å². The molecule has 0 spiro atoms. The fourth-order valence-corrected chi connectivity index (χ4v) is 2.51. The molecule has 0 aliphatic carbocycles. The van der Waals surface area contributed by atoms with Crippen LogP contribution in [0.5, 0.6) is 17.2 Å². The highest BCUT2D eigenvalue weighted by Crippen LogP contribution is 2.33. The Bertz CT molecular complexity index is 911. The van der Waals surface area contributed by atoms with Gasteiger partial charge >= 0.3 is 5.63 Å². The lowest BCUT2D eigenvalue weighted by atomic mass is 10.1. The van der Waals surface area contributed by atoms with Crippen molar-refractivity contribution >= 4 is 10.8 Å². The van der Waals surface area contributed by atoms with Gasteiger partial charge in [0.15, 0.2) is 11.5 Å². The first-order chi connectivity index (χ1) is 11.2. The molecule has 3 aromatic rings. The van der Waals surface area contributed by atoms with Crippen molar-refractivity contribution < 1.29 is 18.6 Å². The first-order valence-corrected chi connectivity index (χ1v) is 7.01. The van der Waals surface area contributed by atoms with E-state index in [-0.39, 0.29) is 0 Å². The number of benzene rings is 2. The lowest BCUT2D eigenvalue weighted by Crippen LogP contribution is -2.02. The summed E-state index contributed by atoms with van der Waals surface area (Å²) in [5.41, 5.74) is 0.286. The second kappa shape index (κ2) is 6.04. The Labute approximate surface area is 133 Å². The molecule has 1 aromatic heterocycles. The Morgan fingerprint density at radius 2 is 1.57 bits per heavy atom. The molecule has 0 saturated carbocycles. The van der Waals surface area contributed by atoms with Gasteiger partial charge in [0.1, 0.15) is 16.9 Å². The fourth-order valence-electron chi connectivity index (χ4n) is 2.51. The molecule has 0 N–H and O–H groups in total. The summed E-state index contributed by atoms with van der Waals surface area (Å²) in [6, 6.07) is 12.6. The van der Waals surface area contributed by atoms with Gasteiger partial charge < -0.3 is 18.6 Å². The highest BCUT2D eigenvalue weighted by atomic mass is 16.5. The molecule has 23 heavy (non-hydrogen) atoms. The van der Waals surface area contributed by atoms with Crippen molar-refractivity contribution in [1.82, 2.24) is 0 Å². The first kappa shape index (κ1) is 15.0. The van der Waals surface area contributed by atoms with Crippen LogP contribution in [0.15, 0.2) is 51.7 Å². The lowest BCUT2D eigenvalue weighted by Gasteiger charge is -2.10. The molecular formula is C18H16O5. The van der Waals surface area contributed by atoms with E-state index in [1.165, 1.54) is 7.11 Å². The van der Waals surface area contributed by atoms with Crippen molar-refractivity contribution in [2.75, 3.05) is 21.3 Å². The molecule has 0 aliphatic heterocycles. The topological polar surface area (TPSA) is 57.9 Å².